The van der Waals surface area contributed by atoms with Gasteiger partial charge in [-0.3, -0.25) is 19.7 Å². The molecule has 4 rings (SSSR count). The van der Waals surface area contributed by atoms with E-state index >= 15 is 0 Å². The molecule has 0 aromatic heterocycles. The largest absolute Gasteiger partial charge is 0.364 e. The van der Waals surface area contributed by atoms with Crippen LogP contribution >= 0.6 is 23.2 Å². The molecule has 0 unspecified atom stereocenters. The molecule has 0 saturated carbocycles. The Morgan fingerprint density at radius 3 is 2.40 bits per heavy atom. The van der Waals surface area contributed by atoms with Crippen molar-refractivity contribution < 1.29 is 14.5 Å². The summed E-state index contributed by atoms with van der Waals surface area (Å²) in [7, 11) is 0. The molecule has 2 fully saturated rings. The maximum absolute atomic E-state index is 13.0. The quantitative estimate of drug-likeness (QED) is 0.488. The van der Waals surface area contributed by atoms with Crippen LogP contribution in [0.4, 0.5) is 11.4 Å². The van der Waals surface area contributed by atoms with Gasteiger partial charge in [0.2, 0.25) is 0 Å². The molecule has 2 aromatic rings. The van der Waals surface area contributed by atoms with Gasteiger partial charge in [0.15, 0.2) is 0 Å². The van der Waals surface area contributed by atoms with E-state index in [9.17, 15) is 19.7 Å². The first-order chi connectivity index (χ1) is 16.8. The van der Waals surface area contributed by atoms with Crippen molar-refractivity contribution in [2.24, 2.45) is 0 Å². The summed E-state index contributed by atoms with van der Waals surface area (Å²) in [5.41, 5.74) is 1.03. The number of carbonyl (C=O) groups excluding carboxylic acids is 2. The highest BCUT2D eigenvalue weighted by Crippen LogP contribution is 2.31. The number of nitro benzene ring substituents is 1. The Balaban J connectivity index is 1.51. The summed E-state index contributed by atoms with van der Waals surface area (Å²) in [4.78, 5) is 42.8. The van der Waals surface area contributed by atoms with E-state index in [0.717, 1.165) is 13.0 Å². The normalized spacial score (nSPS) is 17.0. The summed E-state index contributed by atoms with van der Waals surface area (Å²) in [6, 6.07) is 9.45. The number of nitrogens with zero attached hydrogens (tertiary/aromatic N) is 4. The van der Waals surface area contributed by atoms with Gasteiger partial charge in [0.1, 0.15) is 5.69 Å². The minimum atomic E-state index is -0.447. The fourth-order valence-corrected chi connectivity index (χ4v) is 4.99. The van der Waals surface area contributed by atoms with Crippen LogP contribution in [0.15, 0.2) is 36.4 Å². The molecule has 11 heteroatoms. The van der Waals surface area contributed by atoms with Gasteiger partial charge in [0.05, 0.1) is 15.5 Å². The molecule has 2 saturated heterocycles. The van der Waals surface area contributed by atoms with E-state index in [0.29, 0.717) is 79.1 Å². The Morgan fingerprint density at radius 2 is 1.63 bits per heavy atom. The number of anilines is 1. The number of halogens is 2. The maximum atomic E-state index is 13.0. The lowest BCUT2D eigenvalue weighted by Gasteiger charge is -2.24. The summed E-state index contributed by atoms with van der Waals surface area (Å²) < 4.78 is 0. The summed E-state index contributed by atoms with van der Waals surface area (Å²) >= 11 is 12.2. The van der Waals surface area contributed by atoms with Crippen molar-refractivity contribution in [3.8, 4) is 0 Å². The molecule has 0 bridgehead atoms. The smallest absolute Gasteiger partial charge is 0.293 e. The molecule has 2 aromatic carbocycles. The van der Waals surface area contributed by atoms with Crippen LogP contribution in [0.25, 0.3) is 0 Å². The van der Waals surface area contributed by atoms with Crippen molar-refractivity contribution in [3.05, 3.63) is 67.7 Å². The summed E-state index contributed by atoms with van der Waals surface area (Å²) in [6.45, 7) is 4.60. The lowest BCUT2D eigenvalue weighted by Crippen LogP contribution is -2.35. The molecular weight excluding hydrogens is 493 g/mol. The molecule has 2 aliphatic rings. The Labute approximate surface area is 213 Å². The van der Waals surface area contributed by atoms with Crippen LogP contribution in [-0.2, 0) is 0 Å². The molecule has 0 aliphatic carbocycles. The zero-order valence-corrected chi connectivity index (χ0v) is 20.7. The van der Waals surface area contributed by atoms with Crippen LogP contribution in [0.3, 0.4) is 0 Å². The average molecular weight is 520 g/mol. The van der Waals surface area contributed by atoms with Gasteiger partial charge in [-0.05, 0) is 49.7 Å². The van der Waals surface area contributed by atoms with Gasteiger partial charge >= 0.3 is 0 Å². The number of rotatable bonds is 4. The molecule has 186 valence electrons. The molecule has 0 radical (unpaired) electrons. The Kier molecular flexibility index (Phi) is 8.10. The third-order valence-corrected chi connectivity index (χ3v) is 6.88. The van der Waals surface area contributed by atoms with Gasteiger partial charge in [-0.2, -0.15) is 0 Å². The van der Waals surface area contributed by atoms with E-state index in [1.54, 1.807) is 34.1 Å². The van der Waals surface area contributed by atoms with Crippen LogP contribution in [-0.4, -0.2) is 78.9 Å². The van der Waals surface area contributed by atoms with E-state index in [1.807, 2.05) is 4.90 Å². The predicted molar refractivity (Wildman–Crippen MR) is 136 cm³/mol. The fourth-order valence-electron chi connectivity index (χ4n) is 4.50. The van der Waals surface area contributed by atoms with Crippen LogP contribution in [0.2, 0.25) is 10.0 Å². The van der Waals surface area contributed by atoms with Crippen molar-refractivity contribution in [1.82, 2.24) is 15.1 Å². The number of carbonyl (C=O) groups is 2. The second kappa shape index (κ2) is 11.2. The molecule has 2 amide bonds. The number of benzene rings is 2. The summed E-state index contributed by atoms with van der Waals surface area (Å²) in [5, 5.41) is 15.9. The zero-order chi connectivity index (χ0) is 24.9. The molecule has 0 atom stereocenters. The predicted octanol–water partition coefficient (Wildman–Crippen LogP) is 3.69. The monoisotopic (exact) mass is 519 g/mol. The molecule has 2 aliphatic heterocycles. The van der Waals surface area contributed by atoms with E-state index < -0.39 is 4.92 Å². The summed E-state index contributed by atoms with van der Waals surface area (Å²) in [5.74, 6) is -0.397. The average Bonchev–Trinajstić information content (AvgIpc) is 3.26. The Hall–Kier alpha value is -2.88. The highest BCUT2D eigenvalue weighted by atomic mass is 35.5. The van der Waals surface area contributed by atoms with Gasteiger partial charge in [-0.1, -0.05) is 23.2 Å². The van der Waals surface area contributed by atoms with Crippen molar-refractivity contribution >= 4 is 46.4 Å². The zero-order valence-electron chi connectivity index (χ0n) is 19.2. The number of hydrogen-bond acceptors (Lipinski definition) is 6. The maximum Gasteiger partial charge on any atom is 0.293 e. The number of hydrogen-bond donors (Lipinski definition) is 1. The first-order valence-electron chi connectivity index (χ1n) is 11.6. The minimum Gasteiger partial charge on any atom is -0.364 e. The fraction of sp³-hybridized carbons (Fsp3) is 0.417. The SMILES string of the molecule is O=C(c1ccc(N2CCCN(C(=O)c3ccc(Cl)cc3Cl)CC2)c([N+](=O)[O-])c1)N1CCCNCC1. The van der Waals surface area contributed by atoms with E-state index in [-0.39, 0.29) is 17.5 Å². The molecule has 2 heterocycles. The van der Waals surface area contributed by atoms with Gasteiger partial charge in [0.25, 0.3) is 17.5 Å². The van der Waals surface area contributed by atoms with E-state index in [4.69, 9.17) is 23.2 Å². The molecule has 1 N–H and O–H groups in total. The van der Waals surface area contributed by atoms with Gasteiger partial charge in [-0.25, -0.2) is 0 Å². The third kappa shape index (κ3) is 5.86. The highest BCUT2D eigenvalue weighted by Gasteiger charge is 2.27. The lowest BCUT2D eigenvalue weighted by molar-refractivity contribution is -0.384. The van der Waals surface area contributed by atoms with Crippen molar-refractivity contribution in [2.45, 2.75) is 12.8 Å². The minimum absolute atomic E-state index is 0.107. The first-order valence-corrected chi connectivity index (χ1v) is 12.4. The van der Waals surface area contributed by atoms with Crippen LogP contribution < -0.4 is 10.2 Å². The molecule has 9 nitrogen and oxygen atoms in total. The van der Waals surface area contributed by atoms with Gasteiger partial charge in [0, 0.05) is 62.5 Å². The van der Waals surface area contributed by atoms with Crippen LogP contribution in [0, 0.1) is 10.1 Å². The molecule has 35 heavy (non-hydrogen) atoms. The first kappa shape index (κ1) is 25.2. The topological polar surface area (TPSA) is 99.0 Å². The highest BCUT2D eigenvalue weighted by molar-refractivity contribution is 6.36. The second-order valence-corrected chi connectivity index (χ2v) is 9.46. The van der Waals surface area contributed by atoms with E-state index in [1.165, 1.54) is 12.1 Å². The number of amides is 2. The molecular formula is C24H27Cl2N5O4. The molecule has 0 spiro atoms. The van der Waals surface area contributed by atoms with Gasteiger partial charge < -0.3 is 20.0 Å². The second-order valence-electron chi connectivity index (χ2n) is 8.61. The number of nitrogens with one attached hydrogen (secondary N) is 1. The standard InChI is InChI=1S/C24H27Cl2N5O4/c25-18-4-5-19(20(26)16-18)24(33)30-11-2-10-28(13-14-30)21-6-3-17(15-22(21)31(34)35)23(32)29-9-1-7-27-8-12-29/h3-6,15-16,27H,1-2,7-14H2. The lowest BCUT2D eigenvalue weighted by atomic mass is 10.1. The van der Waals surface area contributed by atoms with Crippen molar-refractivity contribution in [1.29, 1.82) is 0 Å². The van der Waals surface area contributed by atoms with Crippen LogP contribution in [0.5, 0.6) is 0 Å². The van der Waals surface area contributed by atoms with Crippen molar-refractivity contribution in [2.75, 3.05) is 57.3 Å². The van der Waals surface area contributed by atoms with Crippen molar-refractivity contribution in [3.63, 3.8) is 0 Å². The number of nitro groups is 1. The summed E-state index contributed by atoms with van der Waals surface area (Å²) in [6.07, 6.45) is 1.48. The van der Waals surface area contributed by atoms with Gasteiger partial charge in [-0.15, -0.1) is 0 Å². The Bertz CT molecular complexity index is 1120. The Morgan fingerprint density at radius 1 is 0.857 bits per heavy atom. The van der Waals surface area contributed by atoms with E-state index in [2.05, 4.69) is 5.32 Å². The van der Waals surface area contributed by atoms with Crippen LogP contribution in [0.1, 0.15) is 33.6 Å². The third-order valence-electron chi connectivity index (χ3n) is 6.33.